The van der Waals surface area contributed by atoms with Crippen LogP contribution in [0.4, 0.5) is 0 Å². The summed E-state index contributed by atoms with van der Waals surface area (Å²) in [4.78, 5) is 0. The number of benzene rings is 2. The molecule has 0 aliphatic heterocycles. The maximum atomic E-state index is 9.57. The molecule has 25 heavy (non-hydrogen) atoms. The lowest BCUT2D eigenvalue weighted by molar-refractivity contribution is 0.414. The van der Waals surface area contributed by atoms with Crippen molar-refractivity contribution in [1.82, 2.24) is 4.57 Å². The second-order valence-electron chi connectivity index (χ2n) is 5.30. The standard InChI is InChI=1S/C20H14Cl2N2O/c1-25-18-7-5-16(6-8-18)24-10-2-3-17(24)11-14(13-23)19-9-4-15(21)12-20(19)22/h2-12H,1H3/b14-11+. The van der Waals surface area contributed by atoms with Crippen LogP contribution in [-0.4, -0.2) is 11.7 Å². The molecule has 0 atom stereocenters. The van der Waals surface area contributed by atoms with E-state index in [1.165, 1.54) is 0 Å². The molecule has 0 spiro atoms. The van der Waals surface area contributed by atoms with Crippen LogP contribution in [0.5, 0.6) is 5.75 Å². The fourth-order valence-electron chi connectivity index (χ4n) is 2.52. The molecule has 124 valence electrons. The highest BCUT2D eigenvalue weighted by molar-refractivity contribution is 6.36. The van der Waals surface area contributed by atoms with E-state index in [2.05, 4.69) is 6.07 Å². The Kier molecular flexibility index (Phi) is 5.14. The number of rotatable bonds is 4. The Balaban J connectivity index is 2.03. The van der Waals surface area contributed by atoms with Gasteiger partial charge in [-0.15, -0.1) is 0 Å². The van der Waals surface area contributed by atoms with Gasteiger partial charge >= 0.3 is 0 Å². The van der Waals surface area contributed by atoms with Gasteiger partial charge in [0.2, 0.25) is 0 Å². The lowest BCUT2D eigenvalue weighted by Crippen LogP contribution is -1.95. The number of halogens is 2. The van der Waals surface area contributed by atoms with E-state index in [-0.39, 0.29) is 0 Å². The first-order chi connectivity index (χ1) is 12.1. The van der Waals surface area contributed by atoms with Crippen LogP contribution >= 0.6 is 23.2 Å². The lowest BCUT2D eigenvalue weighted by Gasteiger charge is -2.09. The molecular weight excluding hydrogens is 355 g/mol. The van der Waals surface area contributed by atoms with Crippen molar-refractivity contribution >= 4 is 34.9 Å². The quantitative estimate of drug-likeness (QED) is 0.541. The summed E-state index contributed by atoms with van der Waals surface area (Å²) in [5.41, 5.74) is 2.95. The van der Waals surface area contributed by atoms with Crippen LogP contribution in [0.15, 0.2) is 60.8 Å². The summed E-state index contributed by atoms with van der Waals surface area (Å²) in [7, 11) is 1.63. The predicted octanol–water partition coefficient (Wildman–Crippen LogP) is 5.86. The molecule has 3 aromatic rings. The van der Waals surface area contributed by atoms with E-state index in [9.17, 15) is 5.26 Å². The summed E-state index contributed by atoms with van der Waals surface area (Å²) in [6.07, 6.45) is 3.74. The minimum atomic E-state index is 0.447. The number of methoxy groups -OCH3 is 1. The summed E-state index contributed by atoms with van der Waals surface area (Å²) in [6.45, 7) is 0. The van der Waals surface area contributed by atoms with E-state index in [0.29, 0.717) is 21.2 Å². The molecule has 0 fully saturated rings. The number of hydrogen-bond acceptors (Lipinski definition) is 2. The van der Waals surface area contributed by atoms with Gasteiger partial charge in [0.15, 0.2) is 0 Å². The summed E-state index contributed by atoms with van der Waals surface area (Å²) in [6, 6.07) is 18.9. The Hall–Kier alpha value is -2.67. The van der Waals surface area contributed by atoms with Crippen molar-refractivity contribution in [3.05, 3.63) is 82.1 Å². The molecule has 0 saturated heterocycles. The first-order valence-corrected chi connectivity index (χ1v) is 8.27. The highest BCUT2D eigenvalue weighted by Crippen LogP contribution is 2.29. The van der Waals surface area contributed by atoms with Gasteiger partial charge in [-0.05, 0) is 54.6 Å². The van der Waals surface area contributed by atoms with Crippen molar-refractivity contribution < 1.29 is 4.74 Å². The van der Waals surface area contributed by atoms with Crippen molar-refractivity contribution in [3.8, 4) is 17.5 Å². The first kappa shape index (κ1) is 17.2. The zero-order chi connectivity index (χ0) is 17.8. The van der Waals surface area contributed by atoms with Crippen LogP contribution < -0.4 is 4.74 Å². The maximum Gasteiger partial charge on any atom is 0.119 e. The molecule has 0 amide bonds. The monoisotopic (exact) mass is 368 g/mol. The summed E-state index contributed by atoms with van der Waals surface area (Å²) < 4.78 is 7.18. The van der Waals surface area contributed by atoms with Gasteiger partial charge in [-0.3, -0.25) is 0 Å². The number of nitriles is 1. The van der Waals surface area contributed by atoms with E-state index in [1.807, 2.05) is 47.2 Å². The lowest BCUT2D eigenvalue weighted by atomic mass is 10.1. The molecular formula is C20H14Cl2N2O. The largest absolute Gasteiger partial charge is 0.497 e. The molecule has 0 N–H and O–H groups in total. The Morgan fingerprint density at radius 2 is 1.88 bits per heavy atom. The fraction of sp³-hybridized carbons (Fsp3) is 0.0500. The van der Waals surface area contributed by atoms with Gasteiger partial charge in [0.05, 0.1) is 23.8 Å². The molecule has 3 nitrogen and oxygen atoms in total. The van der Waals surface area contributed by atoms with E-state index in [1.54, 1.807) is 31.4 Å². The molecule has 0 unspecified atom stereocenters. The molecule has 0 saturated carbocycles. The summed E-state index contributed by atoms with van der Waals surface area (Å²) in [5, 5.41) is 10.5. The molecule has 0 aliphatic carbocycles. The zero-order valence-corrected chi connectivity index (χ0v) is 14.9. The van der Waals surface area contributed by atoms with Crippen LogP contribution in [0.2, 0.25) is 10.0 Å². The number of hydrogen-bond donors (Lipinski definition) is 0. The molecule has 1 heterocycles. The number of ether oxygens (including phenoxy) is 1. The van der Waals surface area contributed by atoms with Crippen LogP contribution in [0, 0.1) is 11.3 Å². The average Bonchev–Trinajstić information content (AvgIpc) is 3.08. The van der Waals surface area contributed by atoms with Gasteiger partial charge in [-0.2, -0.15) is 5.26 Å². The van der Waals surface area contributed by atoms with Crippen molar-refractivity contribution in [1.29, 1.82) is 5.26 Å². The second-order valence-corrected chi connectivity index (χ2v) is 6.14. The minimum Gasteiger partial charge on any atom is -0.497 e. The highest BCUT2D eigenvalue weighted by atomic mass is 35.5. The number of aromatic nitrogens is 1. The van der Waals surface area contributed by atoms with E-state index in [4.69, 9.17) is 27.9 Å². The number of nitrogens with zero attached hydrogens (tertiary/aromatic N) is 2. The SMILES string of the molecule is COc1ccc(-n2cccc2/C=C(\C#N)c2ccc(Cl)cc2Cl)cc1. The van der Waals surface area contributed by atoms with Gasteiger partial charge in [0.1, 0.15) is 5.75 Å². The average molecular weight is 369 g/mol. The molecule has 0 bridgehead atoms. The third-order valence-electron chi connectivity index (χ3n) is 3.76. The van der Waals surface area contributed by atoms with Crippen LogP contribution in [0.1, 0.15) is 11.3 Å². The normalized spacial score (nSPS) is 11.2. The van der Waals surface area contributed by atoms with E-state index < -0.39 is 0 Å². The van der Waals surface area contributed by atoms with Crippen LogP contribution in [0.3, 0.4) is 0 Å². The van der Waals surface area contributed by atoms with E-state index in [0.717, 1.165) is 17.1 Å². The third kappa shape index (κ3) is 3.71. The van der Waals surface area contributed by atoms with Crippen molar-refractivity contribution in [3.63, 3.8) is 0 Å². The third-order valence-corrected chi connectivity index (χ3v) is 4.31. The molecule has 2 aromatic carbocycles. The smallest absolute Gasteiger partial charge is 0.119 e. The fourth-order valence-corrected chi connectivity index (χ4v) is 3.03. The predicted molar refractivity (Wildman–Crippen MR) is 102 cm³/mol. The number of allylic oxidation sites excluding steroid dienone is 1. The Morgan fingerprint density at radius 1 is 1.12 bits per heavy atom. The van der Waals surface area contributed by atoms with Crippen molar-refractivity contribution in [2.75, 3.05) is 7.11 Å². The molecule has 3 rings (SSSR count). The van der Waals surface area contributed by atoms with Gasteiger partial charge in [0.25, 0.3) is 0 Å². The topological polar surface area (TPSA) is 38.0 Å². The van der Waals surface area contributed by atoms with E-state index >= 15 is 0 Å². The van der Waals surface area contributed by atoms with Crippen LogP contribution in [-0.2, 0) is 0 Å². The Bertz CT molecular complexity index is 966. The molecule has 5 heteroatoms. The molecule has 0 radical (unpaired) electrons. The van der Waals surface area contributed by atoms with Gasteiger partial charge in [-0.25, -0.2) is 0 Å². The second kappa shape index (κ2) is 7.48. The first-order valence-electron chi connectivity index (χ1n) is 7.51. The summed E-state index contributed by atoms with van der Waals surface area (Å²) >= 11 is 12.2. The van der Waals surface area contributed by atoms with Crippen molar-refractivity contribution in [2.45, 2.75) is 0 Å². The molecule has 0 aliphatic rings. The Labute approximate surface area is 156 Å². The van der Waals surface area contributed by atoms with Gasteiger partial charge < -0.3 is 9.30 Å². The van der Waals surface area contributed by atoms with Crippen LogP contribution in [0.25, 0.3) is 17.3 Å². The Morgan fingerprint density at radius 3 is 2.52 bits per heavy atom. The highest BCUT2D eigenvalue weighted by Gasteiger charge is 2.09. The summed E-state index contributed by atoms with van der Waals surface area (Å²) in [5.74, 6) is 0.790. The zero-order valence-electron chi connectivity index (χ0n) is 13.4. The van der Waals surface area contributed by atoms with Crippen molar-refractivity contribution in [2.24, 2.45) is 0 Å². The maximum absolute atomic E-state index is 9.57. The molecule has 1 aromatic heterocycles. The minimum absolute atomic E-state index is 0.447. The van der Waals surface area contributed by atoms with Gasteiger partial charge in [-0.1, -0.05) is 29.3 Å². The van der Waals surface area contributed by atoms with Gasteiger partial charge in [0, 0.05) is 28.2 Å².